The maximum absolute atomic E-state index is 13.1. The molecule has 1 aliphatic carbocycles. The first-order valence-electron chi connectivity index (χ1n) is 9.75. The summed E-state index contributed by atoms with van der Waals surface area (Å²) in [5.41, 5.74) is 1.41. The number of hydrogen-bond acceptors (Lipinski definition) is 5. The Morgan fingerprint density at radius 2 is 1.97 bits per heavy atom. The van der Waals surface area contributed by atoms with Crippen LogP contribution in [0.3, 0.4) is 0 Å². The van der Waals surface area contributed by atoms with Gasteiger partial charge in [0.05, 0.1) is 17.2 Å². The van der Waals surface area contributed by atoms with E-state index < -0.39 is 10.0 Å². The zero-order valence-corrected chi connectivity index (χ0v) is 16.6. The molecule has 3 heterocycles. The van der Waals surface area contributed by atoms with Crippen molar-refractivity contribution in [2.45, 2.75) is 23.8 Å². The molecule has 0 bridgehead atoms. The second-order valence-electron chi connectivity index (χ2n) is 7.71. The third-order valence-corrected chi connectivity index (χ3v) is 7.58. The first-order chi connectivity index (χ1) is 14.1. The average molecular weight is 407 g/mol. The Morgan fingerprint density at radius 1 is 1.17 bits per heavy atom. The molecule has 2 atom stereocenters. The van der Waals surface area contributed by atoms with E-state index in [2.05, 4.69) is 20.5 Å². The van der Waals surface area contributed by atoms with Crippen LogP contribution < -0.4 is 10.6 Å². The number of aromatic nitrogens is 2. The van der Waals surface area contributed by atoms with Gasteiger partial charge in [-0.1, -0.05) is 18.2 Å². The van der Waals surface area contributed by atoms with Crippen LogP contribution in [0, 0.1) is 18.4 Å². The van der Waals surface area contributed by atoms with Gasteiger partial charge in [0, 0.05) is 36.9 Å². The number of benzene rings is 1. The largest absolute Gasteiger partial charge is 0.389 e. The van der Waals surface area contributed by atoms with Crippen LogP contribution in [-0.4, -0.2) is 36.5 Å². The molecule has 5 rings (SSSR count). The van der Waals surface area contributed by atoms with Crippen molar-refractivity contribution in [3.05, 3.63) is 60.2 Å². The number of rotatable bonds is 5. The third kappa shape index (κ3) is 3.07. The molecule has 148 valence electrons. The van der Waals surface area contributed by atoms with E-state index in [1.165, 1.54) is 29.2 Å². The molecule has 0 unspecified atom stereocenters. The van der Waals surface area contributed by atoms with Gasteiger partial charge in [-0.15, -0.1) is 0 Å². The Labute approximate surface area is 169 Å². The fraction of sp³-hybridized carbons (Fsp3) is 0.333. The van der Waals surface area contributed by atoms with Crippen LogP contribution >= 0.6 is 0 Å². The number of fused-ring (bicyclic) bond motifs is 1. The first kappa shape index (κ1) is 18.2. The SMILES string of the molecule is [C-]#[N+]c1cnc2c(ccn2S(=O)(=O)c2ccccc2)c1N[C@H]1CNC[C@H]1C1CC1. The van der Waals surface area contributed by atoms with Crippen molar-refractivity contribution in [2.24, 2.45) is 11.8 Å². The van der Waals surface area contributed by atoms with Crippen molar-refractivity contribution in [2.75, 3.05) is 18.4 Å². The van der Waals surface area contributed by atoms with Gasteiger partial charge in [-0.2, -0.15) is 0 Å². The van der Waals surface area contributed by atoms with Gasteiger partial charge in [-0.05, 0) is 42.9 Å². The fourth-order valence-corrected chi connectivity index (χ4v) is 5.57. The monoisotopic (exact) mass is 407 g/mol. The number of nitrogens with zero attached hydrogens (tertiary/aromatic N) is 3. The second kappa shape index (κ2) is 6.87. The van der Waals surface area contributed by atoms with Crippen LogP contribution in [0.5, 0.6) is 0 Å². The first-order valence-corrected chi connectivity index (χ1v) is 11.2. The predicted molar refractivity (Wildman–Crippen MR) is 112 cm³/mol. The predicted octanol–water partition coefficient (Wildman–Crippen LogP) is 3.23. The van der Waals surface area contributed by atoms with E-state index in [0.29, 0.717) is 28.3 Å². The molecule has 1 aliphatic heterocycles. The van der Waals surface area contributed by atoms with Crippen LogP contribution in [0.25, 0.3) is 15.9 Å². The Balaban J connectivity index is 1.59. The average Bonchev–Trinajstić information content (AvgIpc) is 3.31. The van der Waals surface area contributed by atoms with E-state index >= 15 is 0 Å². The Hall–Kier alpha value is -2.89. The standard InChI is InChI=1S/C21H21N5O2S/c1-22-19-13-24-21-16(20(19)25-18-12-23-11-17(18)14-7-8-14)9-10-26(21)29(27,28)15-5-3-2-4-6-15/h2-6,9-10,13-14,17-18,23H,7-8,11-12H2,(H,24,25)/t17-,18-/m0/s1. The van der Waals surface area contributed by atoms with E-state index in [0.717, 1.165) is 19.0 Å². The molecule has 2 aromatic heterocycles. The molecular formula is C21H21N5O2S. The van der Waals surface area contributed by atoms with Gasteiger partial charge in [0.2, 0.25) is 5.69 Å². The van der Waals surface area contributed by atoms with Gasteiger partial charge >= 0.3 is 0 Å². The quantitative estimate of drug-likeness (QED) is 0.635. The van der Waals surface area contributed by atoms with Crippen molar-refractivity contribution >= 4 is 32.4 Å². The molecule has 3 aromatic rings. The Kier molecular flexibility index (Phi) is 4.30. The number of hydrogen-bond donors (Lipinski definition) is 2. The summed E-state index contributed by atoms with van der Waals surface area (Å²) >= 11 is 0. The lowest BCUT2D eigenvalue weighted by molar-refractivity contribution is 0.474. The van der Waals surface area contributed by atoms with Crippen molar-refractivity contribution < 1.29 is 8.42 Å². The molecule has 0 amide bonds. The van der Waals surface area contributed by atoms with Crippen molar-refractivity contribution in [3.63, 3.8) is 0 Å². The van der Waals surface area contributed by atoms with Crippen LogP contribution in [-0.2, 0) is 10.0 Å². The van der Waals surface area contributed by atoms with E-state index in [4.69, 9.17) is 6.57 Å². The fourth-order valence-electron chi connectivity index (χ4n) is 4.25. The molecule has 2 aliphatic rings. The Bertz CT molecular complexity index is 1210. The van der Waals surface area contributed by atoms with Crippen LogP contribution in [0.2, 0.25) is 0 Å². The summed E-state index contributed by atoms with van der Waals surface area (Å²) in [6.07, 6.45) is 5.50. The second-order valence-corrected chi connectivity index (χ2v) is 9.52. The zero-order chi connectivity index (χ0) is 20.0. The summed E-state index contributed by atoms with van der Waals surface area (Å²) in [4.78, 5) is 8.15. The zero-order valence-electron chi connectivity index (χ0n) is 15.7. The highest BCUT2D eigenvalue weighted by molar-refractivity contribution is 7.90. The minimum Gasteiger partial charge on any atom is -0.389 e. The highest BCUT2D eigenvalue weighted by atomic mass is 32.2. The van der Waals surface area contributed by atoms with Gasteiger partial charge in [-0.25, -0.2) is 22.2 Å². The van der Waals surface area contributed by atoms with Crippen molar-refractivity contribution in [1.82, 2.24) is 14.3 Å². The topological polar surface area (TPSA) is 80.4 Å². The molecule has 1 aromatic carbocycles. The highest BCUT2D eigenvalue weighted by Gasteiger charge is 2.39. The van der Waals surface area contributed by atoms with Crippen LogP contribution in [0.4, 0.5) is 11.4 Å². The van der Waals surface area contributed by atoms with Crippen molar-refractivity contribution in [3.8, 4) is 0 Å². The number of pyridine rings is 1. The summed E-state index contributed by atoms with van der Waals surface area (Å²) in [6, 6.07) is 10.3. The van der Waals surface area contributed by atoms with Gasteiger partial charge in [0.25, 0.3) is 10.0 Å². The summed E-state index contributed by atoms with van der Waals surface area (Å²) in [5.74, 6) is 1.27. The van der Waals surface area contributed by atoms with Crippen LogP contribution in [0.1, 0.15) is 12.8 Å². The summed E-state index contributed by atoms with van der Waals surface area (Å²) in [6.45, 7) is 9.37. The molecule has 0 spiro atoms. The minimum atomic E-state index is -3.76. The maximum Gasteiger partial charge on any atom is 0.269 e. The lowest BCUT2D eigenvalue weighted by atomic mass is 9.97. The van der Waals surface area contributed by atoms with Gasteiger partial charge in [0.1, 0.15) is 0 Å². The van der Waals surface area contributed by atoms with Crippen LogP contribution in [0.15, 0.2) is 53.7 Å². The number of anilines is 1. The smallest absolute Gasteiger partial charge is 0.269 e. The molecule has 8 heteroatoms. The van der Waals surface area contributed by atoms with E-state index in [-0.39, 0.29) is 10.9 Å². The molecule has 2 fully saturated rings. The molecule has 29 heavy (non-hydrogen) atoms. The molecule has 0 radical (unpaired) electrons. The maximum atomic E-state index is 13.1. The summed E-state index contributed by atoms with van der Waals surface area (Å²) < 4.78 is 27.4. The normalized spacial score (nSPS) is 21.9. The van der Waals surface area contributed by atoms with E-state index in [9.17, 15) is 8.42 Å². The summed E-state index contributed by atoms with van der Waals surface area (Å²) in [5, 5.41) is 7.65. The number of nitrogens with one attached hydrogen (secondary N) is 2. The molecule has 7 nitrogen and oxygen atoms in total. The van der Waals surface area contributed by atoms with Gasteiger partial charge in [-0.3, -0.25) is 0 Å². The van der Waals surface area contributed by atoms with E-state index in [1.807, 2.05) is 0 Å². The van der Waals surface area contributed by atoms with Gasteiger partial charge < -0.3 is 10.6 Å². The third-order valence-electron chi connectivity index (χ3n) is 5.90. The van der Waals surface area contributed by atoms with Gasteiger partial charge in [0.15, 0.2) is 5.65 Å². The molecule has 1 saturated heterocycles. The molecule has 2 N–H and O–H groups in total. The summed E-state index contributed by atoms with van der Waals surface area (Å²) in [7, 11) is -3.76. The highest BCUT2D eigenvalue weighted by Crippen LogP contribution is 2.42. The Morgan fingerprint density at radius 3 is 2.69 bits per heavy atom. The minimum absolute atomic E-state index is 0.205. The molecule has 1 saturated carbocycles. The lowest BCUT2D eigenvalue weighted by Crippen LogP contribution is -2.29. The molecular weight excluding hydrogens is 386 g/mol. The van der Waals surface area contributed by atoms with E-state index in [1.54, 1.807) is 36.4 Å². The lowest BCUT2D eigenvalue weighted by Gasteiger charge is -2.22. The van der Waals surface area contributed by atoms with Crippen molar-refractivity contribution in [1.29, 1.82) is 0 Å².